The largest absolute Gasteiger partial charge is 0.466 e. The molecule has 0 rings (SSSR count). The highest BCUT2D eigenvalue weighted by Crippen LogP contribution is 2.20. The SMILES string of the molecule is CCCCCCCCCC(CCCC(=O)OCCCCCCC)C(=O)OCCCCCCC. The molecule has 0 N–H and O–H groups in total. The first-order valence-corrected chi connectivity index (χ1v) is 14.5. The monoisotopic (exact) mass is 468 g/mol. The zero-order chi connectivity index (χ0) is 24.4. The number of hydrogen-bond donors (Lipinski definition) is 0. The normalized spacial score (nSPS) is 12.0. The Bertz CT molecular complexity index is 435. The molecule has 0 aromatic heterocycles. The molecule has 0 aliphatic heterocycles. The molecule has 0 aromatic rings. The Balaban J connectivity index is 4.17. The van der Waals surface area contributed by atoms with E-state index in [0.717, 1.165) is 44.9 Å². The zero-order valence-electron chi connectivity index (χ0n) is 22.5. The van der Waals surface area contributed by atoms with Gasteiger partial charge in [0, 0.05) is 6.42 Å². The van der Waals surface area contributed by atoms with Crippen LogP contribution in [0, 0.1) is 5.92 Å². The third-order valence-corrected chi connectivity index (χ3v) is 6.43. The molecule has 0 aliphatic rings. The summed E-state index contributed by atoms with van der Waals surface area (Å²) in [4.78, 5) is 24.7. The van der Waals surface area contributed by atoms with E-state index in [1.54, 1.807) is 0 Å². The van der Waals surface area contributed by atoms with Gasteiger partial charge in [-0.2, -0.15) is 0 Å². The lowest BCUT2D eigenvalue weighted by Crippen LogP contribution is -2.19. The molecule has 0 radical (unpaired) electrons. The molecule has 0 spiro atoms. The van der Waals surface area contributed by atoms with Gasteiger partial charge in [0.05, 0.1) is 19.1 Å². The van der Waals surface area contributed by atoms with Crippen molar-refractivity contribution < 1.29 is 19.1 Å². The van der Waals surface area contributed by atoms with E-state index >= 15 is 0 Å². The van der Waals surface area contributed by atoms with E-state index in [1.807, 2.05) is 0 Å². The second-order valence-corrected chi connectivity index (χ2v) is 9.72. The number of rotatable bonds is 25. The smallest absolute Gasteiger partial charge is 0.308 e. The fraction of sp³-hybridized carbons (Fsp3) is 0.931. The molecule has 33 heavy (non-hydrogen) atoms. The van der Waals surface area contributed by atoms with Crippen LogP contribution in [0.5, 0.6) is 0 Å². The molecule has 0 aliphatic carbocycles. The Morgan fingerprint density at radius 2 is 0.939 bits per heavy atom. The molecule has 0 aromatic carbocycles. The molecule has 1 atom stereocenters. The molecular weight excluding hydrogens is 412 g/mol. The van der Waals surface area contributed by atoms with Gasteiger partial charge in [0.2, 0.25) is 0 Å². The summed E-state index contributed by atoms with van der Waals surface area (Å²) in [6.07, 6.45) is 23.0. The van der Waals surface area contributed by atoms with E-state index in [9.17, 15) is 9.59 Å². The van der Waals surface area contributed by atoms with Crippen molar-refractivity contribution in [1.82, 2.24) is 0 Å². The van der Waals surface area contributed by atoms with Crippen molar-refractivity contribution in [2.45, 2.75) is 156 Å². The highest BCUT2D eigenvalue weighted by molar-refractivity contribution is 5.72. The van der Waals surface area contributed by atoms with Gasteiger partial charge in [-0.15, -0.1) is 0 Å². The topological polar surface area (TPSA) is 52.6 Å². The van der Waals surface area contributed by atoms with E-state index < -0.39 is 0 Å². The Kier molecular flexibility index (Phi) is 24.7. The van der Waals surface area contributed by atoms with Crippen LogP contribution >= 0.6 is 0 Å². The second-order valence-electron chi connectivity index (χ2n) is 9.72. The maximum absolute atomic E-state index is 12.7. The van der Waals surface area contributed by atoms with Crippen molar-refractivity contribution >= 4 is 11.9 Å². The molecule has 0 saturated carbocycles. The van der Waals surface area contributed by atoms with E-state index in [-0.39, 0.29) is 17.9 Å². The van der Waals surface area contributed by atoms with Crippen LogP contribution in [0.15, 0.2) is 0 Å². The first-order valence-electron chi connectivity index (χ1n) is 14.5. The third kappa shape index (κ3) is 22.5. The Hall–Kier alpha value is -1.06. The van der Waals surface area contributed by atoms with Crippen LogP contribution in [0.4, 0.5) is 0 Å². The first-order chi connectivity index (χ1) is 16.2. The number of unbranched alkanes of at least 4 members (excludes halogenated alkanes) is 14. The van der Waals surface area contributed by atoms with Crippen molar-refractivity contribution in [1.29, 1.82) is 0 Å². The molecule has 0 heterocycles. The molecule has 4 nitrogen and oxygen atoms in total. The zero-order valence-corrected chi connectivity index (χ0v) is 22.5. The summed E-state index contributed by atoms with van der Waals surface area (Å²) in [7, 11) is 0. The summed E-state index contributed by atoms with van der Waals surface area (Å²) in [5.74, 6) is -0.247. The van der Waals surface area contributed by atoms with Gasteiger partial charge in [0.15, 0.2) is 0 Å². The van der Waals surface area contributed by atoms with Gasteiger partial charge < -0.3 is 9.47 Å². The van der Waals surface area contributed by atoms with Gasteiger partial charge in [0.1, 0.15) is 0 Å². The van der Waals surface area contributed by atoms with Crippen molar-refractivity contribution in [2.24, 2.45) is 5.92 Å². The first kappa shape index (κ1) is 31.9. The standard InChI is InChI=1S/C29H56O4/c1-4-7-10-13-14-15-18-22-27(29(31)33-26-20-17-12-9-6-3)23-21-24-28(30)32-25-19-16-11-8-5-2/h27H,4-26H2,1-3H3. The summed E-state index contributed by atoms with van der Waals surface area (Å²) in [6.45, 7) is 7.71. The Morgan fingerprint density at radius 1 is 0.515 bits per heavy atom. The van der Waals surface area contributed by atoms with Crippen LogP contribution in [0.1, 0.15) is 156 Å². The van der Waals surface area contributed by atoms with Crippen molar-refractivity contribution in [3.63, 3.8) is 0 Å². The highest BCUT2D eigenvalue weighted by atomic mass is 16.5. The van der Waals surface area contributed by atoms with Crippen LogP contribution < -0.4 is 0 Å². The van der Waals surface area contributed by atoms with Gasteiger partial charge in [-0.05, 0) is 32.1 Å². The second kappa shape index (κ2) is 25.6. The summed E-state index contributed by atoms with van der Waals surface area (Å²) in [5, 5.41) is 0. The quantitative estimate of drug-likeness (QED) is 0.0991. The minimum Gasteiger partial charge on any atom is -0.466 e. The average Bonchev–Trinajstić information content (AvgIpc) is 2.81. The van der Waals surface area contributed by atoms with E-state index in [1.165, 1.54) is 77.0 Å². The van der Waals surface area contributed by atoms with Crippen molar-refractivity contribution in [3.05, 3.63) is 0 Å². The third-order valence-electron chi connectivity index (χ3n) is 6.43. The van der Waals surface area contributed by atoms with E-state index in [0.29, 0.717) is 26.1 Å². The number of carbonyl (C=O) groups is 2. The van der Waals surface area contributed by atoms with Crippen LogP contribution in [0.3, 0.4) is 0 Å². The predicted molar refractivity (Wildman–Crippen MR) is 139 cm³/mol. The number of hydrogen-bond acceptors (Lipinski definition) is 4. The van der Waals surface area contributed by atoms with Gasteiger partial charge in [-0.1, -0.05) is 117 Å². The maximum Gasteiger partial charge on any atom is 0.308 e. The van der Waals surface area contributed by atoms with Crippen molar-refractivity contribution in [3.8, 4) is 0 Å². The van der Waals surface area contributed by atoms with Crippen LogP contribution in [-0.4, -0.2) is 25.2 Å². The van der Waals surface area contributed by atoms with Gasteiger partial charge in [-0.3, -0.25) is 9.59 Å². The minimum absolute atomic E-state index is 0.0548. The lowest BCUT2D eigenvalue weighted by atomic mass is 9.95. The number of ether oxygens (including phenoxy) is 2. The fourth-order valence-electron chi connectivity index (χ4n) is 4.18. The maximum atomic E-state index is 12.7. The summed E-state index contributed by atoms with van der Waals surface area (Å²) in [6, 6.07) is 0. The summed E-state index contributed by atoms with van der Waals surface area (Å²) < 4.78 is 11.0. The molecule has 0 saturated heterocycles. The average molecular weight is 469 g/mol. The molecule has 1 unspecified atom stereocenters. The van der Waals surface area contributed by atoms with Gasteiger partial charge in [0.25, 0.3) is 0 Å². The summed E-state index contributed by atoms with van der Waals surface area (Å²) in [5.41, 5.74) is 0. The molecule has 0 amide bonds. The highest BCUT2D eigenvalue weighted by Gasteiger charge is 2.20. The van der Waals surface area contributed by atoms with Crippen molar-refractivity contribution in [2.75, 3.05) is 13.2 Å². The lowest BCUT2D eigenvalue weighted by Gasteiger charge is -2.16. The van der Waals surface area contributed by atoms with Crippen LogP contribution in [0.2, 0.25) is 0 Å². The molecule has 0 fully saturated rings. The lowest BCUT2D eigenvalue weighted by molar-refractivity contribution is -0.150. The molecule has 4 heteroatoms. The van der Waals surface area contributed by atoms with Gasteiger partial charge in [-0.25, -0.2) is 0 Å². The number of esters is 2. The summed E-state index contributed by atoms with van der Waals surface area (Å²) >= 11 is 0. The van der Waals surface area contributed by atoms with Crippen LogP contribution in [-0.2, 0) is 19.1 Å². The van der Waals surface area contributed by atoms with Gasteiger partial charge >= 0.3 is 11.9 Å². The molecule has 196 valence electrons. The molecule has 0 bridgehead atoms. The Labute approximate surface area is 206 Å². The Morgan fingerprint density at radius 3 is 1.48 bits per heavy atom. The molecular formula is C29H56O4. The van der Waals surface area contributed by atoms with E-state index in [4.69, 9.17) is 9.47 Å². The fourth-order valence-corrected chi connectivity index (χ4v) is 4.18. The minimum atomic E-state index is -0.121. The van der Waals surface area contributed by atoms with Crippen LogP contribution in [0.25, 0.3) is 0 Å². The van der Waals surface area contributed by atoms with E-state index in [2.05, 4.69) is 20.8 Å². The number of carbonyl (C=O) groups excluding carboxylic acids is 2. The predicted octanol–water partition coefficient (Wildman–Crippen LogP) is 8.94.